The van der Waals surface area contributed by atoms with E-state index in [1.807, 2.05) is 24.3 Å². The van der Waals surface area contributed by atoms with Crippen molar-refractivity contribution >= 4 is 23.1 Å². The van der Waals surface area contributed by atoms with E-state index >= 15 is 0 Å². The summed E-state index contributed by atoms with van der Waals surface area (Å²) >= 11 is 0. The molecule has 0 aliphatic carbocycles. The molecule has 0 saturated carbocycles. The molecular weight excluding hydrogens is 314 g/mol. The summed E-state index contributed by atoms with van der Waals surface area (Å²) in [5.74, 6) is 0.413. The fraction of sp³-hybridized carbons (Fsp3) is 0.421. The predicted molar refractivity (Wildman–Crippen MR) is 103 cm³/mol. The van der Waals surface area contributed by atoms with Crippen LogP contribution in [-0.2, 0) is 0 Å². The lowest BCUT2D eigenvalue weighted by Crippen LogP contribution is -2.21. The van der Waals surface area contributed by atoms with Crippen LogP contribution in [0.5, 0.6) is 0 Å². The van der Waals surface area contributed by atoms with Gasteiger partial charge in [0.2, 0.25) is 0 Å². The lowest BCUT2D eigenvalue weighted by atomic mass is 10.2. The number of carbonyl (C=O) groups excluding carboxylic acids is 1. The van der Waals surface area contributed by atoms with Gasteiger partial charge in [-0.3, -0.25) is 4.79 Å². The Bertz CT molecular complexity index is 682. The number of carbonyl (C=O) groups is 1. The summed E-state index contributed by atoms with van der Waals surface area (Å²) in [6, 6.07) is 9.80. The molecule has 0 aliphatic heterocycles. The lowest BCUT2D eigenvalue weighted by molar-refractivity contribution is 0.102. The first-order valence-electron chi connectivity index (χ1n) is 8.82. The van der Waals surface area contributed by atoms with E-state index in [4.69, 9.17) is 0 Å². The highest BCUT2D eigenvalue weighted by Gasteiger charge is 2.10. The van der Waals surface area contributed by atoms with E-state index in [2.05, 4.69) is 53.2 Å². The molecule has 134 valence electrons. The summed E-state index contributed by atoms with van der Waals surface area (Å²) in [6.07, 6.45) is 2.38. The Morgan fingerprint density at radius 2 is 1.80 bits per heavy atom. The zero-order valence-electron chi connectivity index (χ0n) is 15.4. The van der Waals surface area contributed by atoms with E-state index < -0.39 is 0 Å². The highest BCUT2D eigenvalue weighted by Crippen LogP contribution is 2.18. The van der Waals surface area contributed by atoms with E-state index in [-0.39, 0.29) is 5.91 Å². The molecule has 0 spiro atoms. The molecule has 6 nitrogen and oxygen atoms in total. The number of rotatable bonds is 8. The quantitative estimate of drug-likeness (QED) is 0.764. The van der Waals surface area contributed by atoms with Gasteiger partial charge in [0.15, 0.2) is 0 Å². The Morgan fingerprint density at radius 3 is 2.40 bits per heavy atom. The molecule has 0 saturated heterocycles. The van der Waals surface area contributed by atoms with Crippen molar-refractivity contribution in [2.45, 2.75) is 40.2 Å². The smallest absolute Gasteiger partial charge is 0.274 e. The number of anilines is 3. The molecule has 6 heteroatoms. The SMILES string of the molecule is CCC(C)Nc1cc(C(=O)Nc2ccc(N(CC)CC)cc2)ncn1. The molecule has 1 atom stereocenters. The molecule has 1 aromatic carbocycles. The monoisotopic (exact) mass is 341 g/mol. The predicted octanol–water partition coefficient (Wildman–Crippen LogP) is 3.79. The molecule has 0 radical (unpaired) electrons. The summed E-state index contributed by atoms with van der Waals surface area (Å²) in [5, 5.41) is 6.13. The minimum Gasteiger partial charge on any atom is -0.372 e. The van der Waals surface area contributed by atoms with Gasteiger partial charge in [-0.15, -0.1) is 0 Å². The molecule has 1 aromatic heterocycles. The van der Waals surface area contributed by atoms with Crippen LogP contribution in [-0.4, -0.2) is 35.0 Å². The van der Waals surface area contributed by atoms with E-state index in [9.17, 15) is 4.79 Å². The van der Waals surface area contributed by atoms with Gasteiger partial charge in [0.05, 0.1) is 0 Å². The Balaban J connectivity index is 2.05. The number of hydrogen-bond acceptors (Lipinski definition) is 5. The third kappa shape index (κ3) is 5.17. The molecule has 0 aliphatic rings. The van der Waals surface area contributed by atoms with Gasteiger partial charge in [0.25, 0.3) is 5.91 Å². The van der Waals surface area contributed by atoms with Gasteiger partial charge in [-0.2, -0.15) is 0 Å². The normalized spacial score (nSPS) is 11.7. The fourth-order valence-electron chi connectivity index (χ4n) is 2.45. The third-order valence-corrected chi connectivity index (χ3v) is 4.16. The van der Waals surface area contributed by atoms with Crippen molar-refractivity contribution in [3.63, 3.8) is 0 Å². The van der Waals surface area contributed by atoms with Crippen LogP contribution in [0.15, 0.2) is 36.7 Å². The van der Waals surface area contributed by atoms with Crippen LogP contribution in [0.2, 0.25) is 0 Å². The molecule has 1 heterocycles. The second-order valence-electron chi connectivity index (χ2n) is 5.92. The zero-order chi connectivity index (χ0) is 18.2. The first-order valence-corrected chi connectivity index (χ1v) is 8.82. The molecule has 2 rings (SSSR count). The summed E-state index contributed by atoms with van der Waals surface area (Å²) < 4.78 is 0. The standard InChI is InChI=1S/C19H27N5O/c1-5-14(4)22-18-12-17(20-13-21-18)19(25)23-15-8-10-16(11-9-15)24(6-2)7-3/h8-14H,5-7H2,1-4H3,(H,23,25)(H,20,21,22). The summed E-state index contributed by atoms with van der Waals surface area (Å²) in [7, 11) is 0. The van der Waals surface area contributed by atoms with Crippen molar-refractivity contribution < 1.29 is 4.79 Å². The number of benzene rings is 1. The topological polar surface area (TPSA) is 70.2 Å². The van der Waals surface area contributed by atoms with Crippen LogP contribution in [0, 0.1) is 0 Å². The zero-order valence-corrected chi connectivity index (χ0v) is 15.4. The Morgan fingerprint density at radius 1 is 1.12 bits per heavy atom. The van der Waals surface area contributed by atoms with Crippen LogP contribution < -0.4 is 15.5 Å². The molecule has 0 fully saturated rings. The minimum absolute atomic E-state index is 0.245. The van der Waals surface area contributed by atoms with Crippen molar-refractivity contribution in [3.8, 4) is 0 Å². The maximum absolute atomic E-state index is 12.4. The molecule has 0 bridgehead atoms. The first-order chi connectivity index (χ1) is 12.1. The van der Waals surface area contributed by atoms with Crippen LogP contribution in [0.25, 0.3) is 0 Å². The lowest BCUT2D eigenvalue weighted by Gasteiger charge is -2.21. The maximum atomic E-state index is 12.4. The van der Waals surface area contributed by atoms with Crippen LogP contribution in [0.4, 0.5) is 17.2 Å². The average Bonchev–Trinajstić information content (AvgIpc) is 2.64. The summed E-state index contributed by atoms with van der Waals surface area (Å²) in [6.45, 7) is 10.3. The fourth-order valence-corrected chi connectivity index (χ4v) is 2.45. The second-order valence-corrected chi connectivity index (χ2v) is 5.92. The first kappa shape index (κ1) is 18.7. The largest absolute Gasteiger partial charge is 0.372 e. The molecular formula is C19H27N5O. The number of aromatic nitrogens is 2. The number of amides is 1. The Labute approximate surface area is 149 Å². The van der Waals surface area contributed by atoms with Crippen LogP contribution in [0.3, 0.4) is 0 Å². The molecule has 25 heavy (non-hydrogen) atoms. The van der Waals surface area contributed by atoms with Gasteiger partial charge >= 0.3 is 0 Å². The van der Waals surface area contributed by atoms with Gasteiger partial charge in [-0.25, -0.2) is 9.97 Å². The van der Waals surface area contributed by atoms with Gasteiger partial charge in [0, 0.05) is 36.6 Å². The second kappa shape index (κ2) is 9.01. The minimum atomic E-state index is -0.245. The van der Waals surface area contributed by atoms with Crippen molar-refractivity contribution in [2.75, 3.05) is 28.6 Å². The summed E-state index contributed by atoms with van der Waals surface area (Å²) in [5.41, 5.74) is 2.23. The van der Waals surface area contributed by atoms with Gasteiger partial charge in [0.1, 0.15) is 17.8 Å². The van der Waals surface area contributed by atoms with Crippen LogP contribution in [0.1, 0.15) is 44.6 Å². The van der Waals surface area contributed by atoms with E-state index in [1.54, 1.807) is 6.07 Å². The number of nitrogens with one attached hydrogen (secondary N) is 2. The van der Waals surface area contributed by atoms with Crippen LogP contribution >= 0.6 is 0 Å². The van der Waals surface area contributed by atoms with Crippen molar-refractivity contribution in [2.24, 2.45) is 0 Å². The number of nitrogens with zero attached hydrogens (tertiary/aromatic N) is 3. The van der Waals surface area contributed by atoms with Gasteiger partial charge < -0.3 is 15.5 Å². The van der Waals surface area contributed by atoms with Gasteiger partial charge in [-0.1, -0.05) is 6.92 Å². The van der Waals surface area contributed by atoms with Crippen molar-refractivity contribution in [1.29, 1.82) is 0 Å². The highest BCUT2D eigenvalue weighted by atomic mass is 16.1. The summed E-state index contributed by atoms with van der Waals surface area (Å²) in [4.78, 5) is 22.9. The Kier molecular flexibility index (Phi) is 6.74. The molecule has 1 amide bonds. The maximum Gasteiger partial charge on any atom is 0.274 e. The van der Waals surface area contributed by atoms with Gasteiger partial charge in [-0.05, 0) is 51.5 Å². The van der Waals surface area contributed by atoms with Crippen molar-refractivity contribution in [1.82, 2.24) is 9.97 Å². The molecule has 1 unspecified atom stereocenters. The van der Waals surface area contributed by atoms with E-state index in [0.717, 1.165) is 30.9 Å². The third-order valence-electron chi connectivity index (χ3n) is 4.16. The molecule has 2 aromatic rings. The number of hydrogen-bond donors (Lipinski definition) is 2. The highest BCUT2D eigenvalue weighted by molar-refractivity contribution is 6.03. The van der Waals surface area contributed by atoms with E-state index in [1.165, 1.54) is 6.33 Å². The molecule has 2 N–H and O–H groups in total. The Hall–Kier alpha value is -2.63. The average molecular weight is 341 g/mol. The van der Waals surface area contributed by atoms with E-state index in [0.29, 0.717) is 17.6 Å². The van der Waals surface area contributed by atoms with Crippen molar-refractivity contribution in [3.05, 3.63) is 42.4 Å².